The highest BCUT2D eigenvalue weighted by atomic mass is 79.9. The lowest BCUT2D eigenvalue weighted by molar-refractivity contribution is 0.427. The van der Waals surface area contributed by atoms with E-state index in [-0.39, 0.29) is 6.04 Å². The summed E-state index contributed by atoms with van der Waals surface area (Å²) < 4.78 is 1.01. The summed E-state index contributed by atoms with van der Waals surface area (Å²) in [6.07, 6.45) is 3.10. The van der Waals surface area contributed by atoms with Gasteiger partial charge in [-0.15, -0.1) is 0 Å². The monoisotopic (exact) mass is 331 g/mol. The molecule has 1 aromatic rings. The number of aromatic hydroxyl groups is 1. The first kappa shape index (κ1) is 15.9. The molecule has 0 saturated heterocycles. The molecule has 1 aromatic carbocycles. The Morgan fingerprint density at radius 2 is 2.17 bits per heavy atom. The SMILES string of the molecule is CCC(NCC(C)CSC)c1cc(Br)ccc1O. The van der Waals surface area contributed by atoms with Crippen molar-refractivity contribution < 1.29 is 5.11 Å². The molecule has 0 saturated carbocycles. The minimum absolute atomic E-state index is 0.215. The van der Waals surface area contributed by atoms with Crippen LogP contribution in [0.3, 0.4) is 0 Å². The number of phenolic OH excluding ortho intramolecular Hbond substituents is 1. The summed E-state index contributed by atoms with van der Waals surface area (Å²) in [5.41, 5.74) is 0.975. The van der Waals surface area contributed by atoms with Gasteiger partial charge in [-0.1, -0.05) is 29.8 Å². The topological polar surface area (TPSA) is 32.3 Å². The molecule has 0 aliphatic carbocycles. The van der Waals surface area contributed by atoms with Crippen molar-refractivity contribution in [3.63, 3.8) is 0 Å². The fraction of sp³-hybridized carbons (Fsp3) is 0.571. The summed E-state index contributed by atoms with van der Waals surface area (Å²) >= 11 is 5.33. The smallest absolute Gasteiger partial charge is 0.120 e. The second-order valence-corrected chi connectivity index (χ2v) is 6.46. The van der Waals surface area contributed by atoms with Crippen molar-refractivity contribution in [2.24, 2.45) is 5.92 Å². The molecule has 2 nitrogen and oxygen atoms in total. The Kier molecular flexibility index (Phi) is 7.12. The zero-order chi connectivity index (χ0) is 13.5. The van der Waals surface area contributed by atoms with Gasteiger partial charge in [-0.05, 0) is 49.1 Å². The van der Waals surface area contributed by atoms with Gasteiger partial charge in [0, 0.05) is 16.1 Å². The lowest BCUT2D eigenvalue weighted by Crippen LogP contribution is -2.27. The molecule has 102 valence electrons. The molecule has 0 aliphatic rings. The summed E-state index contributed by atoms with van der Waals surface area (Å²) in [7, 11) is 0. The van der Waals surface area contributed by atoms with E-state index in [1.165, 1.54) is 0 Å². The zero-order valence-electron chi connectivity index (χ0n) is 11.2. The number of nitrogens with one attached hydrogen (secondary N) is 1. The number of thioether (sulfide) groups is 1. The van der Waals surface area contributed by atoms with Crippen LogP contribution in [0.25, 0.3) is 0 Å². The summed E-state index contributed by atoms with van der Waals surface area (Å²) in [6, 6.07) is 5.82. The van der Waals surface area contributed by atoms with E-state index < -0.39 is 0 Å². The van der Waals surface area contributed by atoms with E-state index in [4.69, 9.17) is 0 Å². The summed E-state index contributed by atoms with van der Waals surface area (Å²) in [5.74, 6) is 2.17. The number of benzene rings is 1. The van der Waals surface area contributed by atoms with Crippen LogP contribution in [0.15, 0.2) is 22.7 Å². The quantitative estimate of drug-likeness (QED) is 0.785. The maximum Gasteiger partial charge on any atom is 0.120 e. The molecule has 0 fully saturated rings. The molecule has 0 heterocycles. The average Bonchev–Trinajstić information content (AvgIpc) is 2.34. The van der Waals surface area contributed by atoms with E-state index >= 15 is 0 Å². The van der Waals surface area contributed by atoms with Gasteiger partial charge in [-0.2, -0.15) is 11.8 Å². The van der Waals surface area contributed by atoms with Crippen LogP contribution >= 0.6 is 27.7 Å². The number of hydrogen-bond donors (Lipinski definition) is 2. The fourth-order valence-electron chi connectivity index (χ4n) is 1.97. The molecule has 0 aromatic heterocycles. The van der Waals surface area contributed by atoms with Crippen LogP contribution in [0.5, 0.6) is 5.75 Å². The van der Waals surface area contributed by atoms with Crippen molar-refractivity contribution >= 4 is 27.7 Å². The van der Waals surface area contributed by atoms with E-state index in [2.05, 4.69) is 41.3 Å². The minimum Gasteiger partial charge on any atom is -0.508 e. The van der Waals surface area contributed by atoms with Gasteiger partial charge in [-0.25, -0.2) is 0 Å². The molecule has 1 rings (SSSR count). The number of hydrogen-bond acceptors (Lipinski definition) is 3. The molecular weight excluding hydrogens is 310 g/mol. The van der Waals surface area contributed by atoms with E-state index in [0.717, 1.165) is 28.8 Å². The van der Waals surface area contributed by atoms with Gasteiger partial charge in [0.25, 0.3) is 0 Å². The van der Waals surface area contributed by atoms with Gasteiger partial charge >= 0.3 is 0 Å². The van der Waals surface area contributed by atoms with Crippen molar-refractivity contribution in [1.29, 1.82) is 0 Å². The van der Waals surface area contributed by atoms with Gasteiger partial charge in [0.1, 0.15) is 5.75 Å². The largest absolute Gasteiger partial charge is 0.508 e. The molecule has 0 aliphatic heterocycles. The Balaban J connectivity index is 2.68. The molecule has 2 atom stereocenters. The van der Waals surface area contributed by atoms with Gasteiger partial charge in [-0.3, -0.25) is 0 Å². The van der Waals surface area contributed by atoms with Crippen LogP contribution in [0.4, 0.5) is 0 Å². The Morgan fingerprint density at radius 3 is 2.78 bits per heavy atom. The predicted molar refractivity (Wildman–Crippen MR) is 84.4 cm³/mol. The lowest BCUT2D eigenvalue weighted by Gasteiger charge is -2.21. The van der Waals surface area contributed by atoms with Crippen LogP contribution < -0.4 is 5.32 Å². The standard InChI is InChI=1S/C14H22BrNOS/c1-4-13(16-8-10(2)9-18-3)12-7-11(15)5-6-14(12)17/h5-7,10,13,16-17H,4,8-9H2,1-3H3. The van der Waals surface area contributed by atoms with Crippen LogP contribution in [0.1, 0.15) is 31.9 Å². The molecule has 2 unspecified atom stereocenters. The van der Waals surface area contributed by atoms with Crippen LogP contribution in [-0.4, -0.2) is 23.7 Å². The summed E-state index contributed by atoms with van der Waals surface area (Å²) in [5, 5.41) is 13.5. The van der Waals surface area contributed by atoms with Crippen molar-refractivity contribution in [3.8, 4) is 5.75 Å². The fourth-order valence-corrected chi connectivity index (χ4v) is 3.03. The third-order valence-corrected chi connectivity index (χ3v) is 4.33. The normalized spacial score (nSPS) is 14.4. The molecule has 0 amide bonds. The van der Waals surface area contributed by atoms with Gasteiger partial charge in [0.2, 0.25) is 0 Å². The lowest BCUT2D eigenvalue weighted by atomic mass is 10.0. The predicted octanol–water partition coefficient (Wildman–Crippen LogP) is 4.19. The van der Waals surface area contributed by atoms with E-state index in [1.807, 2.05) is 23.9 Å². The Bertz CT molecular complexity index is 373. The van der Waals surface area contributed by atoms with Crippen molar-refractivity contribution in [1.82, 2.24) is 5.32 Å². The number of phenols is 1. The van der Waals surface area contributed by atoms with E-state index in [9.17, 15) is 5.11 Å². The Labute approximate surface area is 123 Å². The third kappa shape index (κ3) is 4.82. The number of halogens is 1. The van der Waals surface area contributed by atoms with Gasteiger partial charge in [0.15, 0.2) is 0 Å². The van der Waals surface area contributed by atoms with E-state index in [0.29, 0.717) is 11.7 Å². The van der Waals surface area contributed by atoms with E-state index in [1.54, 1.807) is 6.07 Å². The van der Waals surface area contributed by atoms with Crippen molar-refractivity contribution in [2.75, 3.05) is 18.6 Å². The second kappa shape index (κ2) is 8.08. The molecule has 0 bridgehead atoms. The molecule has 2 N–H and O–H groups in total. The highest BCUT2D eigenvalue weighted by Crippen LogP contribution is 2.29. The average molecular weight is 332 g/mol. The maximum atomic E-state index is 9.94. The Hall–Kier alpha value is -0.190. The van der Waals surface area contributed by atoms with Crippen LogP contribution in [0, 0.1) is 5.92 Å². The summed E-state index contributed by atoms with van der Waals surface area (Å²) in [6.45, 7) is 5.36. The van der Waals surface area contributed by atoms with Crippen LogP contribution in [0.2, 0.25) is 0 Å². The van der Waals surface area contributed by atoms with Crippen molar-refractivity contribution in [3.05, 3.63) is 28.2 Å². The van der Waals surface area contributed by atoms with Gasteiger partial charge in [0.05, 0.1) is 0 Å². The highest BCUT2D eigenvalue weighted by molar-refractivity contribution is 9.10. The molecule has 0 spiro atoms. The molecular formula is C14H22BrNOS. The second-order valence-electron chi connectivity index (χ2n) is 4.63. The third-order valence-electron chi connectivity index (χ3n) is 2.94. The van der Waals surface area contributed by atoms with Gasteiger partial charge < -0.3 is 10.4 Å². The first-order valence-corrected chi connectivity index (χ1v) is 8.47. The van der Waals surface area contributed by atoms with Crippen LogP contribution in [-0.2, 0) is 0 Å². The maximum absolute atomic E-state index is 9.94. The molecule has 18 heavy (non-hydrogen) atoms. The molecule has 4 heteroatoms. The highest BCUT2D eigenvalue weighted by Gasteiger charge is 2.14. The molecule has 0 radical (unpaired) electrons. The first-order chi connectivity index (χ1) is 8.58. The first-order valence-electron chi connectivity index (χ1n) is 6.29. The summed E-state index contributed by atoms with van der Waals surface area (Å²) in [4.78, 5) is 0. The van der Waals surface area contributed by atoms with Crippen molar-refractivity contribution in [2.45, 2.75) is 26.3 Å². The number of rotatable bonds is 7. The minimum atomic E-state index is 0.215. The Morgan fingerprint density at radius 1 is 1.44 bits per heavy atom. The zero-order valence-corrected chi connectivity index (χ0v) is 13.6.